The van der Waals surface area contributed by atoms with Gasteiger partial charge in [-0.1, -0.05) is 113 Å². The number of ketones is 1. The van der Waals surface area contributed by atoms with Crippen molar-refractivity contribution in [3.05, 3.63) is 60.8 Å². The maximum absolute atomic E-state index is 13.7. The zero-order chi connectivity index (χ0) is 54.2. The number of aliphatic hydroxyl groups is 7. The minimum atomic E-state index is -5.82. The van der Waals surface area contributed by atoms with Gasteiger partial charge >= 0.3 is 27.6 Å². The second kappa shape index (κ2) is 37.1. The molecule has 2 fully saturated rings. The Bertz CT molecular complexity index is 1820. The molecule has 1 heterocycles. The molecular weight excluding hydrogens is 994 g/mol. The van der Waals surface area contributed by atoms with Gasteiger partial charge in [-0.05, 0) is 70.6 Å². The lowest BCUT2D eigenvalue weighted by Crippen LogP contribution is -2.56. The van der Waals surface area contributed by atoms with Crippen molar-refractivity contribution < 1.29 is 97.0 Å². The molecule has 20 nitrogen and oxygen atoms in total. The SMILES string of the molecule is CCCCC/C=C\C/C=C\C/C=C\C/C=C\CCCCCC(=O)OC[C@@H]1COP(=O)(O)O[C@H]2[C@H](O)[C@@H](O)[C@H](O)[C@@H](CC(=O)CCCCC(=O)O1)[C@@H](O)C[C@@H](O)[C@H](/C=C/[C@@H](O)CCCCC)[C@@H](O)[C@H]2OP(=O)(O)O. The van der Waals surface area contributed by atoms with E-state index in [1.54, 1.807) is 0 Å². The van der Waals surface area contributed by atoms with Gasteiger partial charge in [0.1, 0.15) is 36.8 Å². The minimum Gasteiger partial charge on any atom is -0.462 e. The highest BCUT2D eigenvalue weighted by Crippen LogP contribution is 2.50. The van der Waals surface area contributed by atoms with Crippen molar-refractivity contribution in [2.24, 2.45) is 11.8 Å². The maximum atomic E-state index is 13.7. The summed E-state index contributed by atoms with van der Waals surface area (Å²) in [7, 11) is -11.6. The fourth-order valence-electron chi connectivity index (χ4n) is 8.36. The lowest BCUT2D eigenvalue weighted by Gasteiger charge is -2.38. The lowest BCUT2D eigenvalue weighted by molar-refractivity contribution is -0.166. The Morgan fingerprint density at radius 1 is 0.767 bits per heavy atom. The molecule has 420 valence electrons. The lowest BCUT2D eigenvalue weighted by atomic mass is 9.82. The van der Waals surface area contributed by atoms with Crippen LogP contribution in [0.4, 0.5) is 0 Å². The van der Waals surface area contributed by atoms with Crippen molar-refractivity contribution in [2.75, 3.05) is 13.2 Å². The molecule has 0 aromatic rings. The zero-order valence-electron chi connectivity index (χ0n) is 42.6. The first-order valence-electron chi connectivity index (χ1n) is 26.0. The van der Waals surface area contributed by atoms with Gasteiger partial charge in [0.2, 0.25) is 0 Å². The number of fused-ring (bicyclic) bond motifs is 4. The van der Waals surface area contributed by atoms with Gasteiger partial charge in [0.05, 0.1) is 37.1 Å². The normalized spacial score (nSPS) is 30.6. The number of ether oxygens (including phenoxy) is 2. The molecule has 0 aromatic carbocycles. The molecular formula is C51H86O20P2. The van der Waals surface area contributed by atoms with Crippen LogP contribution in [0.2, 0.25) is 0 Å². The fraction of sp³-hybridized carbons (Fsp3) is 0.745. The average molecular weight is 1080 g/mol. The van der Waals surface area contributed by atoms with Crippen molar-refractivity contribution in [2.45, 2.75) is 216 Å². The Labute approximate surface area is 431 Å². The number of esters is 2. The van der Waals surface area contributed by atoms with Crippen LogP contribution >= 0.6 is 15.6 Å². The molecule has 2 bridgehead atoms. The van der Waals surface area contributed by atoms with Gasteiger partial charge < -0.3 is 59.9 Å². The van der Waals surface area contributed by atoms with Crippen LogP contribution in [0.1, 0.15) is 155 Å². The number of carbonyl (C=O) groups excluding carboxylic acids is 3. The Morgan fingerprint density at radius 3 is 1.97 bits per heavy atom. The first-order valence-corrected chi connectivity index (χ1v) is 29.0. The molecule has 1 unspecified atom stereocenters. The highest BCUT2D eigenvalue weighted by molar-refractivity contribution is 7.47. The van der Waals surface area contributed by atoms with Crippen LogP contribution < -0.4 is 0 Å². The Hall–Kier alpha value is -2.75. The van der Waals surface area contributed by atoms with Gasteiger partial charge in [-0.3, -0.25) is 28.0 Å². The molecule has 0 amide bonds. The summed E-state index contributed by atoms with van der Waals surface area (Å²) in [6, 6.07) is 0. The van der Waals surface area contributed by atoms with Gasteiger partial charge in [-0.2, -0.15) is 0 Å². The van der Waals surface area contributed by atoms with E-state index in [4.69, 9.17) is 23.0 Å². The van der Waals surface area contributed by atoms with E-state index >= 15 is 0 Å². The van der Waals surface area contributed by atoms with E-state index in [1.165, 1.54) is 19.3 Å². The number of cyclic esters (lactones) is 1. The van der Waals surface area contributed by atoms with Crippen LogP contribution in [-0.2, 0) is 46.6 Å². The van der Waals surface area contributed by atoms with Crippen LogP contribution in [-0.4, -0.2) is 142 Å². The number of aliphatic hydroxyl groups excluding tert-OH is 7. The predicted octanol–water partition coefficient (Wildman–Crippen LogP) is 6.18. The van der Waals surface area contributed by atoms with E-state index in [0.29, 0.717) is 19.3 Å². The van der Waals surface area contributed by atoms with E-state index in [2.05, 4.69) is 55.5 Å². The molecule has 2 aliphatic rings. The fourth-order valence-corrected chi connectivity index (χ4v) is 9.89. The molecule has 1 aliphatic heterocycles. The van der Waals surface area contributed by atoms with Crippen molar-refractivity contribution in [3.63, 3.8) is 0 Å². The second-order valence-corrected chi connectivity index (χ2v) is 21.4. The number of hydrogen-bond acceptors (Lipinski definition) is 17. The van der Waals surface area contributed by atoms with Gasteiger partial charge in [0.25, 0.3) is 0 Å². The third-order valence-corrected chi connectivity index (χ3v) is 14.0. The standard InChI is InChI=1S/C51H86O20P2/c1-3-5-7-8-9-10-11-12-13-14-15-16-17-18-19-20-21-22-24-29-44(56)67-35-39-36-68-73(65,66)71-51-49(61)48(60)46(58)41(33-38(53)28-25-26-30-45(57)69-39)43(55)34-42(54)40(32-31-37(52)27-23-6-4-2)47(59)50(51)70-72(62,63)64/h9-10,12-13,15-16,18-19,31-32,37,39-43,46-52,54-55,58-61H,3-8,11,14,17,20-30,33-36H2,1-2H3,(H,65,66)(H2,62,63,64)/b10-9-,13-12-,16-15-,19-18-,32-31+/t37-,39+,40-,41-,42+,43-,46+,47+,48-,49+,50+,51-/m0/s1. The van der Waals surface area contributed by atoms with Crippen LogP contribution in [0.5, 0.6) is 0 Å². The summed E-state index contributed by atoms with van der Waals surface area (Å²) in [5, 5.41) is 79.7. The summed E-state index contributed by atoms with van der Waals surface area (Å²) in [6.45, 7) is 2.42. The number of allylic oxidation sites excluding steroid dienone is 8. The molecule has 1 saturated heterocycles. The molecule has 73 heavy (non-hydrogen) atoms. The third kappa shape index (κ3) is 28.8. The number of hydrogen-bond donors (Lipinski definition) is 10. The summed E-state index contributed by atoms with van der Waals surface area (Å²) in [5.74, 6) is -5.62. The highest BCUT2D eigenvalue weighted by Gasteiger charge is 2.52. The first-order chi connectivity index (χ1) is 34.7. The Kier molecular flexibility index (Phi) is 33.7. The van der Waals surface area contributed by atoms with E-state index in [0.717, 1.165) is 63.5 Å². The van der Waals surface area contributed by atoms with Crippen molar-refractivity contribution in [3.8, 4) is 0 Å². The van der Waals surface area contributed by atoms with E-state index in [-0.39, 0.29) is 38.5 Å². The van der Waals surface area contributed by atoms with E-state index in [9.17, 15) is 73.9 Å². The van der Waals surface area contributed by atoms with Gasteiger partial charge in [-0.15, -0.1) is 0 Å². The predicted molar refractivity (Wildman–Crippen MR) is 271 cm³/mol. The Morgan fingerprint density at radius 2 is 1.36 bits per heavy atom. The molecule has 0 radical (unpaired) electrons. The molecule has 0 spiro atoms. The Balaban J connectivity index is 2.24. The van der Waals surface area contributed by atoms with Gasteiger partial charge in [0, 0.05) is 43.9 Å². The molecule has 22 heteroatoms. The van der Waals surface area contributed by atoms with Crippen molar-refractivity contribution in [1.82, 2.24) is 0 Å². The van der Waals surface area contributed by atoms with Crippen LogP contribution in [0.3, 0.4) is 0 Å². The number of Topliss-reactive ketones (excluding diaryl/α,β-unsaturated/α-hetero) is 1. The minimum absolute atomic E-state index is 0.0105. The van der Waals surface area contributed by atoms with Crippen LogP contribution in [0, 0.1) is 11.8 Å². The summed E-state index contributed by atoms with van der Waals surface area (Å²) < 4.78 is 52.1. The topological polar surface area (TPSA) is 334 Å². The van der Waals surface area contributed by atoms with Crippen LogP contribution in [0.25, 0.3) is 0 Å². The quantitative estimate of drug-likeness (QED) is 0.0200. The first kappa shape index (κ1) is 66.4. The van der Waals surface area contributed by atoms with Gasteiger partial charge in [-0.25, -0.2) is 9.13 Å². The molecule has 1 aliphatic carbocycles. The smallest absolute Gasteiger partial charge is 0.462 e. The van der Waals surface area contributed by atoms with Crippen LogP contribution in [0.15, 0.2) is 60.8 Å². The van der Waals surface area contributed by atoms with Gasteiger partial charge in [0.15, 0.2) is 6.10 Å². The molecule has 10 N–H and O–H groups in total. The van der Waals surface area contributed by atoms with E-state index < -0.39 is 132 Å². The number of rotatable bonds is 26. The number of phosphoric ester groups is 2. The average Bonchev–Trinajstić information content (AvgIpc) is 3.33. The maximum Gasteiger partial charge on any atom is 0.472 e. The monoisotopic (exact) mass is 1080 g/mol. The number of phosphoric acid groups is 2. The third-order valence-electron chi connectivity index (χ3n) is 12.5. The zero-order valence-corrected chi connectivity index (χ0v) is 44.4. The summed E-state index contributed by atoms with van der Waals surface area (Å²) in [5.41, 5.74) is 0. The largest absolute Gasteiger partial charge is 0.472 e. The van der Waals surface area contributed by atoms with Crippen molar-refractivity contribution in [1.29, 1.82) is 0 Å². The summed E-state index contributed by atoms with van der Waals surface area (Å²) >= 11 is 0. The van der Waals surface area contributed by atoms with Crippen molar-refractivity contribution >= 4 is 33.4 Å². The molecule has 0 aromatic heterocycles. The highest BCUT2D eigenvalue weighted by atomic mass is 31.2. The molecule has 2 rings (SSSR count). The molecule has 1 saturated carbocycles. The molecule has 13 atom stereocenters. The second-order valence-electron chi connectivity index (χ2n) is 18.8. The summed E-state index contributed by atoms with van der Waals surface area (Å²) in [4.78, 5) is 70.1. The number of carbonyl (C=O) groups is 3. The van der Waals surface area contributed by atoms with E-state index in [1.807, 2.05) is 6.92 Å². The summed E-state index contributed by atoms with van der Waals surface area (Å²) in [6.07, 6.45) is 8.03. The number of unbranched alkanes of at least 4 members (excludes halogenated alkanes) is 8.